The predicted molar refractivity (Wildman–Crippen MR) is 108 cm³/mol. The normalized spacial score (nSPS) is 12.0. The molecule has 26 heavy (non-hydrogen) atoms. The largest absolute Gasteiger partial charge is 0.507 e. The van der Waals surface area contributed by atoms with Gasteiger partial charge in [-0.2, -0.15) is 0 Å². The van der Waals surface area contributed by atoms with Gasteiger partial charge in [0.05, 0.1) is 11.1 Å². The molecule has 3 heteroatoms. The quantitative estimate of drug-likeness (QED) is 0.386. The summed E-state index contributed by atoms with van der Waals surface area (Å²) in [5.41, 5.74) is 8.12. The molecule has 134 valence electrons. The fraction of sp³-hybridized carbons (Fsp3) is 0.261. The zero-order valence-electron chi connectivity index (χ0n) is 16.3. The van der Waals surface area contributed by atoms with Crippen molar-refractivity contribution in [2.75, 3.05) is 0 Å². The molecule has 1 heterocycles. The van der Waals surface area contributed by atoms with Crippen molar-refractivity contribution in [3.63, 3.8) is 0 Å². The molecule has 3 nitrogen and oxygen atoms in total. The predicted octanol–water partition coefficient (Wildman–Crippen LogP) is 5.50. The molecule has 0 aliphatic carbocycles. The van der Waals surface area contributed by atoms with Crippen LogP contribution >= 0.6 is 0 Å². The molecule has 0 bridgehead atoms. The van der Waals surface area contributed by atoms with E-state index in [0.29, 0.717) is 11.1 Å². The van der Waals surface area contributed by atoms with Crippen LogP contribution in [0.3, 0.4) is 0 Å². The van der Waals surface area contributed by atoms with Gasteiger partial charge in [-0.1, -0.05) is 30.3 Å². The third kappa shape index (κ3) is 2.64. The van der Waals surface area contributed by atoms with Crippen LogP contribution in [0.4, 0.5) is 0 Å². The number of aryl methyl sites for hydroxylation is 3. The second kappa shape index (κ2) is 6.49. The molecular weight excluding hydrogens is 322 g/mol. The van der Waals surface area contributed by atoms with Crippen LogP contribution in [0.2, 0.25) is 0 Å². The monoisotopic (exact) mass is 347 g/mol. The highest BCUT2D eigenvalue weighted by atomic mass is 16.3. The number of nitrogens with zero attached hydrogens (tertiary/aromatic N) is 1. The molecule has 1 aromatic heterocycles. The first kappa shape index (κ1) is 18.0. The molecule has 0 unspecified atom stereocenters. The third-order valence-electron chi connectivity index (χ3n) is 5.69. The van der Waals surface area contributed by atoms with E-state index in [-0.39, 0.29) is 11.5 Å². The first-order valence-electron chi connectivity index (χ1n) is 8.81. The van der Waals surface area contributed by atoms with E-state index in [4.69, 9.17) is 0 Å². The summed E-state index contributed by atoms with van der Waals surface area (Å²) >= 11 is 0. The minimum atomic E-state index is -0.166. The maximum absolute atomic E-state index is 13.1. The fourth-order valence-electron chi connectivity index (χ4n) is 3.72. The van der Waals surface area contributed by atoms with E-state index >= 15 is 0 Å². The lowest BCUT2D eigenvalue weighted by molar-refractivity contribution is 0.104. The summed E-state index contributed by atoms with van der Waals surface area (Å²) in [5.74, 6) is -0.176. The summed E-state index contributed by atoms with van der Waals surface area (Å²) in [4.78, 5) is 13.1. The van der Waals surface area contributed by atoms with Crippen LogP contribution in [0.15, 0.2) is 36.4 Å². The molecule has 0 aliphatic rings. The van der Waals surface area contributed by atoms with Gasteiger partial charge in [0.25, 0.3) is 0 Å². The van der Waals surface area contributed by atoms with Crippen LogP contribution in [0.1, 0.15) is 43.9 Å². The van der Waals surface area contributed by atoms with Crippen LogP contribution in [0.25, 0.3) is 16.7 Å². The van der Waals surface area contributed by atoms with Crippen molar-refractivity contribution in [2.45, 2.75) is 34.6 Å². The second-order valence-electron chi connectivity index (χ2n) is 7.00. The lowest BCUT2D eigenvalue weighted by Gasteiger charge is -2.13. The van der Waals surface area contributed by atoms with Gasteiger partial charge in [0.2, 0.25) is 0 Å². The van der Waals surface area contributed by atoms with E-state index < -0.39 is 0 Å². The third-order valence-corrected chi connectivity index (χ3v) is 5.69. The SMILES string of the molecule is Cc1c(C)c(C)c2c(c1C)c(C(=O)/C=C(\O)c1ccccc1)c(C)n2C. The first-order chi connectivity index (χ1) is 12.3. The fourth-order valence-corrected chi connectivity index (χ4v) is 3.72. The molecule has 0 radical (unpaired) electrons. The lowest BCUT2D eigenvalue weighted by Crippen LogP contribution is -2.01. The number of allylic oxidation sites excluding steroid dienone is 1. The van der Waals surface area contributed by atoms with Crippen LogP contribution in [-0.2, 0) is 7.05 Å². The molecule has 3 rings (SSSR count). The van der Waals surface area contributed by atoms with E-state index in [1.807, 2.05) is 32.2 Å². The molecule has 2 aromatic carbocycles. The summed E-state index contributed by atoms with van der Waals surface area (Å²) in [5, 5.41) is 11.4. The Kier molecular flexibility index (Phi) is 4.49. The number of ketones is 1. The highest BCUT2D eigenvalue weighted by molar-refractivity contribution is 6.17. The molecule has 0 saturated carbocycles. The van der Waals surface area contributed by atoms with Crippen molar-refractivity contribution in [3.05, 3.63) is 75.5 Å². The van der Waals surface area contributed by atoms with Crippen LogP contribution in [0.5, 0.6) is 0 Å². The van der Waals surface area contributed by atoms with Gasteiger partial charge in [-0.3, -0.25) is 4.79 Å². The highest BCUT2D eigenvalue weighted by Gasteiger charge is 2.23. The number of aliphatic hydroxyl groups excluding tert-OH is 1. The Morgan fingerprint density at radius 2 is 1.50 bits per heavy atom. The molecule has 0 saturated heterocycles. The number of hydrogen-bond donors (Lipinski definition) is 1. The van der Waals surface area contributed by atoms with Crippen molar-refractivity contribution in [2.24, 2.45) is 7.05 Å². The number of benzene rings is 2. The van der Waals surface area contributed by atoms with Crippen LogP contribution < -0.4 is 0 Å². The van der Waals surface area contributed by atoms with Gasteiger partial charge in [0.15, 0.2) is 5.78 Å². The van der Waals surface area contributed by atoms with Crippen molar-refractivity contribution in [3.8, 4) is 0 Å². The van der Waals surface area contributed by atoms with Gasteiger partial charge in [-0.05, 0) is 56.9 Å². The average molecular weight is 347 g/mol. The topological polar surface area (TPSA) is 42.2 Å². The number of aromatic nitrogens is 1. The number of carbonyl (C=O) groups is 1. The molecule has 0 atom stereocenters. The summed E-state index contributed by atoms with van der Waals surface area (Å²) < 4.78 is 2.09. The Bertz CT molecular complexity index is 1050. The van der Waals surface area contributed by atoms with Gasteiger partial charge in [0.1, 0.15) is 5.76 Å². The van der Waals surface area contributed by atoms with Gasteiger partial charge in [0, 0.05) is 29.8 Å². The Morgan fingerprint density at radius 1 is 0.923 bits per heavy atom. The number of rotatable bonds is 3. The van der Waals surface area contributed by atoms with E-state index in [1.54, 1.807) is 12.1 Å². The van der Waals surface area contributed by atoms with Crippen molar-refractivity contribution >= 4 is 22.4 Å². The standard InChI is InChI=1S/C23H25NO2/c1-13-14(2)16(4)23-21(15(13)3)22(17(5)24(23)6)20(26)12-19(25)18-10-8-7-9-11-18/h7-12,25H,1-6H3/b19-12-. The zero-order valence-corrected chi connectivity index (χ0v) is 16.3. The Labute approximate surface area is 154 Å². The maximum Gasteiger partial charge on any atom is 0.191 e. The zero-order chi connectivity index (χ0) is 19.2. The number of hydrogen-bond acceptors (Lipinski definition) is 2. The minimum Gasteiger partial charge on any atom is -0.507 e. The number of aliphatic hydroxyl groups is 1. The maximum atomic E-state index is 13.1. The van der Waals surface area contributed by atoms with Gasteiger partial charge < -0.3 is 9.67 Å². The lowest BCUT2D eigenvalue weighted by atomic mass is 9.92. The van der Waals surface area contributed by atoms with E-state index in [2.05, 4.69) is 32.3 Å². The highest BCUT2D eigenvalue weighted by Crippen LogP contribution is 2.35. The van der Waals surface area contributed by atoms with E-state index in [1.165, 1.54) is 22.8 Å². The Hall–Kier alpha value is -2.81. The average Bonchev–Trinajstić information content (AvgIpc) is 2.90. The molecule has 0 amide bonds. The van der Waals surface area contributed by atoms with E-state index in [9.17, 15) is 9.90 Å². The van der Waals surface area contributed by atoms with Crippen molar-refractivity contribution < 1.29 is 9.90 Å². The van der Waals surface area contributed by atoms with Crippen molar-refractivity contribution in [1.29, 1.82) is 0 Å². The molecular formula is C23H25NO2. The second-order valence-corrected chi connectivity index (χ2v) is 7.00. The Morgan fingerprint density at radius 3 is 2.12 bits per heavy atom. The molecule has 3 aromatic rings. The molecule has 0 aliphatic heterocycles. The summed E-state index contributed by atoms with van der Waals surface area (Å²) in [6.45, 7) is 10.4. The van der Waals surface area contributed by atoms with Gasteiger partial charge >= 0.3 is 0 Å². The van der Waals surface area contributed by atoms with Crippen LogP contribution in [-0.4, -0.2) is 15.5 Å². The van der Waals surface area contributed by atoms with Crippen molar-refractivity contribution in [1.82, 2.24) is 4.57 Å². The summed E-state index contributed by atoms with van der Waals surface area (Å²) in [7, 11) is 2.00. The van der Waals surface area contributed by atoms with E-state index in [0.717, 1.165) is 22.2 Å². The summed E-state index contributed by atoms with van der Waals surface area (Å²) in [6.07, 6.45) is 1.33. The molecule has 0 fully saturated rings. The molecule has 1 N–H and O–H groups in total. The Balaban J connectivity index is 2.26. The van der Waals surface area contributed by atoms with Gasteiger partial charge in [-0.25, -0.2) is 0 Å². The number of fused-ring (bicyclic) bond motifs is 1. The minimum absolute atomic E-state index is 0.00906. The smallest absolute Gasteiger partial charge is 0.191 e. The molecule has 0 spiro atoms. The van der Waals surface area contributed by atoms with Gasteiger partial charge in [-0.15, -0.1) is 0 Å². The summed E-state index contributed by atoms with van der Waals surface area (Å²) in [6, 6.07) is 9.14. The van der Waals surface area contributed by atoms with Crippen LogP contribution in [0, 0.1) is 34.6 Å². The first-order valence-corrected chi connectivity index (χ1v) is 8.81. The number of carbonyl (C=O) groups excluding carboxylic acids is 1.